The normalized spacial score (nSPS) is 13.9. The Morgan fingerprint density at radius 1 is 1.47 bits per heavy atom. The smallest absolute Gasteiger partial charge is 0.252 e. The van der Waals surface area contributed by atoms with E-state index in [1.54, 1.807) is 30.8 Å². The van der Waals surface area contributed by atoms with Crippen LogP contribution in [0.3, 0.4) is 0 Å². The van der Waals surface area contributed by atoms with Crippen LogP contribution in [-0.2, 0) is 0 Å². The standard InChI is InChI=1S/C14H20ClNO2S/c1-9(6-10(2)17)8-16-14(18)12-7-11(19-3)4-5-13(12)15/h4-5,7,9-10,17H,6,8H2,1-3H3,(H,16,18). The molecule has 0 aliphatic carbocycles. The molecule has 1 aromatic carbocycles. The van der Waals surface area contributed by atoms with Gasteiger partial charge in [-0.05, 0) is 43.7 Å². The highest BCUT2D eigenvalue weighted by molar-refractivity contribution is 7.98. The van der Waals surface area contributed by atoms with Crippen molar-refractivity contribution in [2.75, 3.05) is 12.8 Å². The summed E-state index contributed by atoms with van der Waals surface area (Å²) in [6.07, 6.45) is 2.27. The Morgan fingerprint density at radius 3 is 2.74 bits per heavy atom. The molecule has 0 fully saturated rings. The van der Waals surface area contributed by atoms with Gasteiger partial charge in [0, 0.05) is 11.4 Å². The van der Waals surface area contributed by atoms with Gasteiger partial charge in [0.1, 0.15) is 0 Å². The zero-order chi connectivity index (χ0) is 14.4. The van der Waals surface area contributed by atoms with Crippen molar-refractivity contribution in [2.24, 2.45) is 5.92 Å². The van der Waals surface area contributed by atoms with Gasteiger partial charge in [-0.25, -0.2) is 0 Å². The molecule has 1 amide bonds. The number of carbonyl (C=O) groups excluding carboxylic acids is 1. The van der Waals surface area contributed by atoms with E-state index >= 15 is 0 Å². The van der Waals surface area contributed by atoms with E-state index in [2.05, 4.69) is 5.32 Å². The number of hydrogen-bond donors (Lipinski definition) is 2. The number of rotatable bonds is 6. The average molecular weight is 302 g/mol. The highest BCUT2D eigenvalue weighted by Gasteiger charge is 2.13. The predicted molar refractivity (Wildman–Crippen MR) is 81.0 cm³/mol. The molecule has 3 nitrogen and oxygen atoms in total. The van der Waals surface area contributed by atoms with Crippen molar-refractivity contribution in [1.82, 2.24) is 5.32 Å². The van der Waals surface area contributed by atoms with Crippen molar-refractivity contribution in [3.63, 3.8) is 0 Å². The third-order valence-electron chi connectivity index (χ3n) is 2.77. The van der Waals surface area contributed by atoms with Crippen LogP contribution in [0.25, 0.3) is 0 Å². The third kappa shape index (κ3) is 5.43. The molecule has 0 aliphatic heterocycles. The number of carbonyl (C=O) groups is 1. The van der Waals surface area contributed by atoms with Crippen molar-refractivity contribution < 1.29 is 9.90 Å². The van der Waals surface area contributed by atoms with Crippen LogP contribution >= 0.6 is 23.4 Å². The van der Waals surface area contributed by atoms with Gasteiger partial charge >= 0.3 is 0 Å². The summed E-state index contributed by atoms with van der Waals surface area (Å²) < 4.78 is 0. The fourth-order valence-electron chi connectivity index (χ4n) is 1.83. The molecular formula is C14H20ClNO2S. The van der Waals surface area contributed by atoms with Crippen LogP contribution in [0, 0.1) is 5.92 Å². The summed E-state index contributed by atoms with van der Waals surface area (Å²) in [4.78, 5) is 13.1. The summed E-state index contributed by atoms with van der Waals surface area (Å²) in [5, 5.41) is 12.6. The van der Waals surface area contributed by atoms with Crippen LogP contribution < -0.4 is 5.32 Å². The van der Waals surface area contributed by atoms with Gasteiger partial charge in [-0.3, -0.25) is 4.79 Å². The largest absolute Gasteiger partial charge is 0.393 e. The Hall–Kier alpha value is -0.710. The van der Waals surface area contributed by atoms with Crippen LogP contribution in [-0.4, -0.2) is 29.9 Å². The maximum atomic E-state index is 12.1. The van der Waals surface area contributed by atoms with Gasteiger partial charge in [0.2, 0.25) is 0 Å². The molecule has 0 aliphatic rings. The lowest BCUT2D eigenvalue weighted by molar-refractivity contribution is 0.0939. The molecule has 2 atom stereocenters. The van der Waals surface area contributed by atoms with E-state index in [1.165, 1.54) is 0 Å². The lowest BCUT2D eigenvalue weighted by atomic mass is 10.0. The van der Waals surface area contributed by atoms with E-state index in [0.29, 0.717) is 23.6 Å². The van der Waals surface area contributed by atoms with E-state index in [4.69, 9.17) is 11.6 Å². The highest BCUT2D eigenvalue weighted by atomic mass is 35.5. The van der Waals surface area contributed by atoms with Gasteiger partial charge in [0.05, 0.1) is 16.7 Å². The van der Waals surface area contributed by atoms with Gasteiger partial charge in [0.15, 0.2) is 0 Å². The van der Waals surface area contributed by atoms with E-state index < -0.39 is 0 Å². The molecule has 0 aromatic heterocycles. The van der Waals surface area contributed by atoms with Crippen molar-refractivity contribution in [2.45, 2.75) is 31.3 Å². The molecule has 106 valence electrons. The molecule has 1 rings (SSSR count). The van der Waals surface area contributed by atoms with Gasteiger partial charge in [-0.2, -0.15) is 0 Å². The number of nitrogens with one attached hydrogen (secondary N) is 1. The number of halogens is 1. The summed E-state index contributed by atoms with van der Waals surface area (Å²) in [7, 11) is 0. The number of benzene rings is 1. The Morgan fingerprint density at radius 2 is 2.16 bits per heavy atom. The molecule has 1 aromatic rings. The Balaban J connectivity index is 2.63. The maximum Gasteiger partial charge on any atom is 0.252 e. The lowest BCUT2D eigenvalue weighted by Crippen LogP contribution is -2.29. The summed E-state index contributed by atoms with van der Waals surface area (Å²) in [5.41, 5.74) is 0.498. The molecule has 5 heteroatoms. The Kier molecular flexibility index (Phi) is 6.69. The second kappa shape index (κ2) is 7.78. The number of aliphatic hydroxyl groups excluding tert-OH is 1. The van der Waals surface area contributed by atoms with E-state index in [1.807, 2.05) is 19.2 Å². The first-order valence-corrected chi connectivity index (χ1v) is 7.84. The highest BCUT2D eigenvalue weighted by Crippen LogP contribution is 2.23. The number of thioether (sulfide) groups is 1. The first-order chi connectivity index (χ1) is 8.93. The molecule has 0 saturated carbocycles. The van der Waals surface area contributed by atoms with Crippen molar-refractivity contribution in [3.8, 4) is 0 Å². The number of aliphatic hydroxyl groups is 1. The molecule has 0 radical (unpaired) electrons. The van der Waals surface area contributed by atoms with Crippen molar-refractivity contribution in [1.29, 1.82) is 0 Å². The molecular weight excluding hydrogens is 282 g/mol. The van der Waals surface area contributed by atoms with Crippen molar-refractivity contribution >= 4 is 29.3 Å². The summed E-state index contributed by atoms with van der Waals surface area (Å²) in [6, 6.07) is 5.42. The fraction of sp³-hybridized carbons (Fsp3) is 0.500. The zero-order valence-corrected chi connectivity index (χ0v) is 13.0. The topological polar surface area (TPSA) is 49.3 Å². The number of amides is 1. The summed E-state index contributed by atoms with van der Waals surface area (Å²) >= 11 is 7.61. The Labute approximate surface area is 123 Å². The molecule has 0 heterocycles. The summed E-state index contributed by atoms with van der Waals surface area (Å²) in [6.45, 7) is 4.27. The van der Waals surface area contributed by atoms with Crippen molar-refractivity contribution in [3.05, 3.63) is 28.8 Å². The third-order valence-corrected chi connectivity index (χ3v) is 3.83. The molecule has 0 bridgehead atoms. The molecule has 2 unspecified atom stereocenters. The van der Waals surface area contributed by atoms with Gasteiger partial charge in [0.25, 0.3) is 5.91 Å². The molecule has 2 N–H and O–H groups in total. The van der Waals surface area contributed by atoms with Gasteiger partial charge in [-0.1, -0.05) is 18.5 Å². The van der Waals surface area contributed by atoms with Crippen LogP contribution in [0.2, 0.25) is 5.02 Å². The van der Waals surface area contributed by atoms with E-state index in [9.17, 15) is 9.90 Å². The van der Waals surface area contributed by atoms with Gasteiger partial charge in [-0.15, -0.1) is 11.8 Å². The first kappa shape index (κ1) is 16.3. The number of hydrogen-bond acceptors (Lipinski definition) is 3. The second-order valence-corrected chi connectivity index (χ2v) is 6.03. The molecule has 0 saturated heterocycles. The minimum absolute atomic E-state index is 0.168. The SMILES string of the molecule is CSc1ccc(Cl)c(C(=O)NCC(C)CC(C)O)c1. The Bertz CT molecular complexity index is 437. The average Bonchev–Trinajstić information content (AvgIpc) is 2.35. The second-order valence-electron chi connectivity index (χ2n) is 4.75. The zero-order valence-electron chi connectivity index (χ0n) is 11.4. The van der Waals surface area contributed by atoms with Crippen LogP contribution in [0.1, 0.15) is 30.6 Å². The van der Waals surface area contributed by atoms with Crippen LogP contribution in [0.5, 0.6) is 0 Å². The lowest BCUT2D eigenvalue weighted by Gasteiger charge is -2.14. The van der Waals surface area contributed by atoms with Crippen LogP contribution in [0.4, 0.5) is 0 Å². The monoisotopic (exact) mass is 301 g/mol. The predicted octanol–water partition coefficient (Wildman–Crippen LogP) is 3.20. The quantitative estimate of drug-likeness (QED) is 0.793. The van der Waals surface area contributed by atoms with Crippen LogP contribution in [0.15, 0.2) is 23.1 Å². The van der Waals surface area contributed by atoms with Gasteiger partial charge < -0.3 is 10.4 Å². The summed E-state index contributed by atoms with van der Waals surface area (Å²) in [5.74, 6) is 0.0600. The van der Waals surface area contributed by atoms with E-state index in [0.717, 1.165) is 4.90 Å². The minimum Gasteiger partial charge on any atom is -0.393 e. The fourth-order valence-corrected chi connectivity index (χ4v) is 2.48. The van der Waals surface area contributed by atoms with E-state index in [-0.39, 0.29) is 17.9 Å². The first-order valence-electron chi connectivity index (χ1n) is 6.23. The molecule has 0 spiro atoms. The minimum atomic E-state index is -0.352. The maximum absolute atomic E-state index is 12.1. The molecule has 19 heavy (non-hydrogen) atoms.